The number of amides is 1. The van der Waals surface area contributed by atoms with Gasteiger partial charge in [0.1, 0.15) is 5.75 Å². The summed E-state index contributed by atoms with van der Waals surface area (Å²) in [6.07, 6.45) is 0.0837. The van der Waals surface area contributed by atoms with Gasteiger partial charge in [-0.3, -0.25) is 4.79 Å². The molecule has 30 heavy (non-hydrogen) atoms. The average Bonchev–Trinajstić information content (AvgIpc) is 2.73. The first-order chi connectivity index (χ1) is 14.3. The highest BCUT2D eigenvalue weighted by molar-refractivity contribution is 7.88. The summed E-state index contributed by atoms with van der Waals surface area (Å²) in [6, 6.07) is 14.3. The highest BCUT2D eigenvalue weighted by Crippen LogP contribution is 2.16. The van der Waals surface area contributed by atoms with E-state index >= 15 is 0 Å². The molecule has 0 radical (unpaired) electrons. The van der Waals surface area contributed by atoms with Crippen LogP contribution >= 0.6 is 0 Å². The van der Waals surface area contributed by atoms with E-state index in [0.29, 0.717) is 44.0 Å². The van der Waals surface area contributed by atoms with Gasteiger partial charge in [0.2, 0.25) is 10.0 Å². The van der Waals surface area contributed by atoms with Crippen LogP contribution in [0.25, 0.3) is 0 Å². The number of hydrogen-bond acceptors (Lipinski definition) is 5. The molecule has 0 aliphatic carbocycles. The molecule has 1 amide bonds. The van der Waals surface area contributed by atoms with Gasteiger partial charge in [-0.2, -0.15) is 4.31 Å². The minimum absolute atomic E-state index is 0.0837. The van der Waals surface area contributed by atoms with Crippen LogP contribution < -0.4 is 10.1 Å². The van der Waals surface area contributed by atoms with Gasteiger partial charge in [-0.15, -0.1) is 0 Å². The third-order valence-corrected chi connectivity index (χ3v) is 6.50. The molecule has 162 valence electrons. The Morgan fingerprint density at radius 2 is 1.80 bits per heavy atom. The fourth-order valence-corrected chi connectivity index (χ4v) is 4.67. The summed E-state index contributed by atoms with van der Waals surface area (Å²) in [4.78, 5) is 12.4. The summed E-state index contributed by atoms with van der Waals surface area (Å²) in [5, 5.41) is 2.88. The molecule has 0 atom stereocenters. The Kier molecular flexibility index (Phi) is 7.47. The first-order valence-electron chi connectivity index (χ1n) is 10.0. The molecule has 2 aromatic rings. The maximum atomic E-state index is 12.5. The highest BCUT2D eigenvalue weighted by Gasteiger charge is 2.24. The third kappa shape index (κ3) is 6.29. The molecule has 0 spiro atoms. The zero-order valence-corrected chi connectivity index (χ0v) is 18.2. The average molecular weight is 433 g/mol. The van der Waals surface area contributed by atoms with Crippen molar-refractivity contribution >= 4 is 15.9 Å². The molecular formula is C22H28N2O5S. The summed E-state index contributed by atoms with van der Waals surface area (Å²) >= 11 is 0. The second-order valence-electron chi connectivity index (χ2n) is 7.46. The van der Waals surface area contributed by atoms with Crippen LogP contribution in [0.2, 0.25) is 0 Å². The van der Waals surface area contributed by atoms with Gasteiger partial charge < -0.3 is 14.8 Å². The van der Waals surface area contributed by atoms with E-state index in [1.807, 2.05) is 38.1 Å². The molecule has 7 nitrogen and oxygen atoms in total. The minimum atomic E-state index is -3.39. The van der Waals surface area contributed by atoms with E-state index in [9.17, 15) is 13.2 Å². The SMILES string of the molecule is CC(C)Oc1cccc(CNC(=O)c2ccc(CS(=O)(=O)N3CCOCC3)cc2)c1. The molecule has 8 heteroatoms. The van der Waals surface area contributed by atoms with E-state index in [2.05, 4.69) is 5.32 Å². The second-order valence-corrected chi connectivity index (χ2v) is 9.43. The monoisotopic (exact) mass is 432 g/mol. The lowest BCUT2D eigenvalue weighted by Gasteiger charge is -2.26. The lowest BCUT2D eigenvalue weighted by Crippen LogP contribution is -2.41. The summed E-state index contributed by atoms with van der Waals surface area (Å²) in [5.41, 5.74) is 2.07. The maximum absolute atomic E-state index is 12.5. The first kappa shape index (κ1) is 22.3. The van der Waals surface area contributed by atoms with Crippen LogP contribution in [0.4, 0.5) is 0 Å². The molecule has 1 N–H and O–H groups in total. The number of hydrogen-bond donors (Lipinski definition) is 1. The molecule has 1 saturated heterocycles. The van der Waals surface area contributed by atoms with Gasteiger partial charge in [-0.05, 0) is 49.2 Å². The van der Waals surface area contributed by atoms with Gasteiger partial charge in [0.05, 0.1) is 25.1 Å². The molecule has 1 aliphatic heterocycles. The summed E-state index contributed by atoms with van der Waals surface area (Å²) < 4.78 is 37.3. The standard InChI is InChI=1S/C22H28N2O5S/c1-17(2)29-21-5-3-4-19(14-21)15-23-22(25)20-8-6-18(7-9-20)16-30(26,27)24-10-12-28-13-11-24/h3-9,14,17H,10-13,15-16H2,1-2H3,(H,23,25). The normalized spacial score (nSPS) is 15.2. The molecule has 0 unspecified atom stereocenters. The molecular weight excluding hydrogens is 404 g/mol. The van der Waals surface area contributed by atoms with Crippen LogP contribution in [-0.2, 0) is 27.1 Å². The molecule has 0 saturated carbocycles. The van der Waals surface area contributed by atoms with Crippen LogP contribution in [0.5, 0.6) is 5.75 Å². The van der Waals surface area contributed by atoms with Gasteiger partial charge in [0.15, 0.2) is 0 Å². The lowest BCUT2D eigenvalue weighted by atomic mass is 10.1. The van der Waals surface area contributed by atoms with Gasteiger partial charge in [-0.25, -0.2) is 8.42 Å². The zero-order chi connectivity index (χ0) is 21.6. The quantitative estimate of drug-likeness (QED) is 0.693. The predicted octanol–water partition coefficient (Wildman–Crippen LogP) is 2.57. The molecule has 3 rings (SSSR count). The van der Waals surface area contributed by atoms with Crippen molar-refractivity contribution in [1.29, 1.82) is 0 Å². The maximum Gasteiger partial charge on any atom is 0.251 e. The fourth-order valence-electron chi connectivity index (χ4n) is 3.16. The van der Waals surface area contributed by atoms with Crippen molar-refractivity contribution in [3.63, 3.8) is 0 Å². The predicted molar refractivity (Wildman–Crippen MR) is 115 cm³/mol. The largest absolute Gasteiger partial charge is 0.491 e. The van der Waals surface area contributed by atoms with Crippen molar-refractivity contribution in [2.45, 2.75) is 32.2 Å². The number of nitrogens with zero attached hydrogens (tertiary/aromatic N) is 1. The Balaban J connectivity index is 1.56. The fraction of sp³-hybridized carbons (Fsp3) is 0.409. The van der Waals surface area contributed by atoms with Crippen molar-refractivity contribution in [2.75, 3.05) is 26.3 Å². The topological polar surface area (TPSA) is 84.9 Å². The highest BCUT2D eigenvalue weighted by atomic mass is 32.2. The molecule has 2 aromatic carbocycles. The number of sulfonamides is 1. The summed E-state index contributed by atoms with van der Waals surface area (Å²) in [5.74, 6) is 0.465. The second kappa shape index (κ2) is 10.1. The zero-order valence-electron chi connectivity index (χ0n) is 17.3. The number of rotatable bonds is 8. The molecule has 1 aliphatic rings. The van der Waals surface area contributed by atoms with Crippen LogP contribution in [0.3, 0.4) is 0 Å². The van der Waals surface area contributed by atoms with Crippen molar-refractivity contribution in [3.05, 3.63) is 65.2 Å². The smallest absolute Gasteiger partial charge is 0.251 e. The number of benzene rings is 2. The van der Waals surface area contributed by atoms with E-state index < -0.39 is 10.0 Å². The van der Waals surface area contributed by atoms with Gasteiger partial charge in [0, 0.05) is 25.2 Å². The first-order valence-corrected chi connectivity index (χ1v) is 11.6. The van der Waals surface area contributed by atoms with E-state index in [1.165, 1.54) is 4.31 Å². The molecule has 0 bridgehead atoms. The van der Waals surface area contributed by atoms with E-state index in [0.717, 1.165) is 11.3 Å². The summed E-state index contributed by atoms with van der Waals surface area (Å²) in [7, 11) is -3.39. The Hall–Kier alpha value is -2.42. The van der Waals surface area contributed by atoms with Crippen LogP contribution in [0, 0.1) is 0 Å². The van der Waals surface area contributed by atoms with Gasteiger partial charge in [0.25, 0.3) is 5.91 Å². The Morgan fingerprint density at radius 1 is 1.10 bits per heavy atom. The number of carbonyl (C=O) groups excluding carboxylic acids is 1. The van der Waals surface area contributed by atoms with E-state index in [4.69, 9.17) is 9.47 Å². The Labute approximate surface area is 178 Å². The van der Waals surface area contributed by atoms with Gasteiger partial charge >= 0.3 is 0 Å². The van der Waals surface area contributed by atoms with Crippen molar-refractivity contribution in [2.24, 2.45) is 0 Å². The Bertz CT molecular complexity index is 952. The van der Waals surface area contributed by atoms with Crippen LogP contribution in [0.1, 0.15) is 35.3 Å². The number of morpholine rings is 1. The minimum Gasteiger partial charge on any atom is -0.491 e. The number of nitrogens with one attached hydrogen (secondary N) is 1. The van der Waals surface area contributed by atoms with E-state index in [1.54, 1.807) is 24.3 Å². The van der Waals surface area contributed by atoms with Crippen molar-refractivity contribution < 1.29 is 22.7 Å². The van der Waals surface area contributed by atoms with E-state index in [-0.39, 0.29) is 17.8 Å². The Morgan fingerprint density at radius 3 is 2.47 bits per heavy atom. The number of ether oxygens (including phenoxy) is 2. The van der Waals surface area contributed by atoms with Gasteiger partial charge in [-0.1, -0.05) is 24.3 Å². The number of carbonyl (C=O) groups is 1. The van der Waals surface area contributed by atoms with Crippen LogP contribution in [-0.4, -0.2) is 51.0 Å². The van der Waals surface area contributed by atoms with Crippen LogP contribution in [0.15, 0.2) is 48.5 Å². The molecule has 0 aromatic heterocycles. The molecule has 1 heterocycles. The lowest BCUT2D eigenvalue weighted by molar-refractivity contribution is 0.0729. The summed E-state index contributed by atoms with van der Waals surface area (Å²) in [6.45, 7) is 5.91. The molecule has 1 fully saturated rings. The van der Waals surface area contributed by atoms with Crippen molar-refractivity contribution in [1.82, 2.24) is 9.62 Å². The van der Waals surface area contributed by atoms with Crippen molar-refractivity contribution in [3.8, 4) is 5.75 Å². The third-order valence-electron chi connectivity index (χ3n) is 4.65.